The molecule has 0 aliphatic rings. The third kappa shape index (κ3) is 5.51. The van der Waals surface area contributed by atoms with Crippen LogP contribution in [0.5, 0.6) is 0 Å². The largest absolute Gasteiger partial charge is 0.444 e. The Labute approximate surface area is 129 Å². The predicted octanol–water partition coefficient (Wildman–Crippen LogP) is 3.15. The predicted molar refractivity (Wildman–Crippen MR) is 84.8 cm³/mol. The van der Waals surface area contributed by atoms with Crippen molar-refractivity contribution in [3.63, 3.8) is 0 Å². The number of rotatable bonds is 4. The van der Waals surface area contributed by atoms with Crippen LogP contribution >= 0.6 is 15.9 Å². The zero-order valence-electron chi connectivity index (χ0n) is 12.5. The van der Waals surface area contributed by atoms with Crippen molar-refractivity contribution in [1.29, 1.82) is 0 Å². The topological polar surface area (TPSA) is 64.3 Å². The van der Waals surface area contributed by atoms with Gasteiger partial charge in [0.1, 0.15) is 5.60 Å². The number of benzene rings is 1. The SMILES string of the molecule is Cc1c(Br)cccc1CC(CN)NC(=O)OC(C)(C)C. The minimum Gasteiger partial charge on any atom is -0.444 e. The van der Waals surface area contributed by atoms with Gasteiger partial charge in [-0.15, -0.1) is 0 Å². The van der Waals surface area contributed by atoms with Gasteiger partial charge in [0.25, 0.3) is 0 Å². The van der Waals surface area contributed by atoms with Gasteiger partial charge in [-0.3, -0.25) is 0 Å². The van der Waals surface area contributed by atoms with E-state index in [9.17, 15) is 4.79 Å². The Balaban J connectivity index is 2.68. The standard InChI is InChI=1S/C15H23BrN2O2/c1-10-11(6-5-7-13(10)16)8-12(9-17)18-14(19)20-15(2,3)4/h5-7,12H,8-9,17H2,1-4H3,(H,18,19). The summed E-state index contributed by atoms with van der Waals surface area (Å²) in [5, 5.41) is 2.82. The summed E-state index contributed by atoms with van der Waals surface area (Å²) in [5.74, 6) is 0. The van der Waals surface area contributed by atoms with Crippen molar-refractivity contribution >= 4 is 22.0 Å². The summed E-state index contributed by atoms with van der Waals surface area (Å²) in [7, 11) is 0. The number of nitrogens with one attached hydrogen (secondary N) is 1. The minimum atomic E-state index is -0.505. The van der Waals surface area contributed by atoms with Crippen LogP contribution in [0.25, 0.3) is 0 Å². The van der Waals surface area contributed by atoms with E-state index in [0.29, 0.717) is 13.0 Å². The Bertz CT molecular complexity index is 469. The molecular formula is C15H23BrN2O2. The molecule has 5 heteroatoms. The molecule has 1 rings (SSSR count). The smallest absolute Gasteiger partial charge is 0.407 e. The van der Waals surface area contributed by atoms with E-state index in [1.54, 1.807) is 0 Å². The minimum absolute atomic E-state index is 0.141. The molecule has 0 spiro atoms. The fourth-order valence-corrected chi connectivity index (χ4v) is 2.21. The number of hydrogen-bond donors (Lipinski definition) is 2. The normalized spacial score (nSPS) is 12.9. The third-order valence-corrected chi connectivity index (χ3v) is 3.71. The molecular weight excluding hydrogens is 320 g/mol. The van der Waals surface area contributed by atoms with Gasteiger partial charge in [0, 0.05) is 17.1 Å². The van der Waals surface area contributed by atoms with Crippen molar-refractivity contribution in [1.82, 2.24) is 5.32 Å². The maximum Gasteiger partial charge on any atom is 0.407 e. The first-order chi connectivity index (χ1) is 9.23. The molecule has 0 heterocycles. The summed E-state index contributed by atoms with van der Waals surface area (Å²) in [5.41, 5.74) is 7.56. The number of nitrogens with two attached hydrogens (primary N) is 1. The van der Waals surface area contributed by atoms with E-state index in [-0.39, 0.29) is 6.04 Å². The van der Waals surface area contributed by atoms with E-state index in [4.69, 9.17) is 10.5 Å². The molecule has 0 aliphatic heterocycles. The van der Waals surface area contributed by atoms with Crippen LogP contribution < -0.4 is 11.1 Å². The Morgan fingerprint density at radius 3 is 2.65 bits per heavy atom. The Morgan fingerprint density at radius 2 is 2.10 bits per heavy atom. The van der Waals surface area contributed by atoms with Gasteiger partial charge in [-0.2, -0.15) is 0 Å². The second-order valence-corrected chi connectivity index (χ2v) is 6.66. The first kappa shape index (κ1) is 17.0. The third-order valence-electron chi connectivity index (χ3n) is 2.85. The molecule has 0 saturated heterocycles. The Hall–Kier alpha value is -1.07. The van der Waals surface area contributed by atoms with Crippen molar-refractivity contribution in [2.24, 2.45) is 5.73 Å². The average Bonchev–Trinajstić information content (AvgIpc) is 2.31. The van der Waals surface area contributed by atoms with Gasteiger partial charge in [-0.05, 0) is 51.3 Å². The monoisotopic (exact) mass is 342 g/mol. The fourth-order valence-electron chi connectivity index (χ4n) is 1.81. The van der Waals surface area contributed by atoms with Crippen molar-refractivity contribution in [3.05, 3.63) is 33.8 Å². The summed E-state index contributed by atoms with van der Waals surface area (Å²) in [6, 6.07) is 5.88. The average molecular weight is 343 g/mol. The molecule has 1 aromatic carbocycles. The number of halogens is 1. The Kier molecular flexibility index (Phi) is 6.02. The summed E-state index contributed by atoms with van der Waals surface area (Å²) in [6.45, 7) is 7.92. The van der Waals surface area contributed by atoms with Crippen LogP contribution in [0.3, 0.4) is 0 Å². The van der Waals surface area contributed by atoms with Crippen LogP contribution in [0.15, 0.2) is 22.7 Å². The van der Waals surface area contributed by atoms with Crippen LogP contribution in [0.1, 0.15) is 31.9 Å². The van der Waals surface area contributed by atoms with Crippen molar-refractivity contribution in [3.8, 4) is 0 Å². The quantitative estimate of drug-likeness (QED) is 0.883. The molecule has 3 N–H and O–H groups in total. The lowest BCUT2D eigenvalue weighted by molar-refractivity contribution is 0.0506. The summed E-state index contributed by atoms with van der Waals surface area (Å²) in [4.78, 5) is 11.8. The maximum absolute atomic E-state index is 11.8. The number of ether oxygens (including phenoxy) is 1. The summed E-state index contributed by atoms with van der Waals surface area (Å²) < 4.78 is 6.31. The van der Waals surface area contributed by atoms with Crippen LogP contribution in [0.4, 0.5) is 4.79 Å². The van der Waals surface area contributed by atoms with Crippen molar-refractivity contribution in [2.45, 2.75) is 45.8 Å². The first-order valence-electron chi connectivity index (χ1n) is 6.66. The number of amides is 1. The molecule has 0 saturated carbocycles. The van der Waals surface area contributed by atoms with Gasteiger partial charge in [0.15, 0.2) is 0 Å². The van der Waals surface area contributed by atoms with E-state index in [1.807, 2.05) is 45.9 Å². The second-order valence-electron chi connectivity index (χ2n) is 5.81. The summed E-state index contributed by atoms with van der Waals surface area (Å²) >= 11 is 3.51. The van der Waals surface area contributed by atoms with Gasteiger partial charge >= 0.3 is 6.09 Å². The van der Waals surface area contributed by atoms with Crippen molar-refractivity contribution in [2.75, 3.05) is 6.54 Å². The highest BCUT2D eigenvalue weighted by Gasteiger charge is 2.19. The molecule has 0 aliphatic carbocycles. The highest BCUT2D eigenvalue weighted by Crippen LogP contribution is 2.20. The molecule has 0 fully saturated rings. The molecule has 1 unspecified atom stereocenters. The molecule has 4 nitrogen and oxygen atoms in total. The van der Waals surface area contributed by atoms with E-state index < -0.39 is 11.7 Å². The number of alkyl carbamates (subject to hydrolysis) is 1. The van der Waals surface area contributed by atoms with E-state index in [2.05, 4.69) is 21.2 Å². The lowest BCUT2D eigenvalue weighted by atomic mass is 10.0. The van der Waals surface area contributed by atoms with Gasteiger partial charge < -0.3 is 15.8 Å². The molecule has 0 bridgehead atoms. The molecule has 112 valence electrons. The zero-order valence-corrected chi connectivity index (χ0v) is 14.1. The van der Waals surface area contributed by atoms with Crippen LogP contribution in [0, 0.1) is 6.92 Å². The van der Waals surface area contributed by atoms with E-state index in [1.165, 1.54) is 0 Å². The van der Waals surface area contributed by atoms with Gasteiger partial charge in [-0.25, -0.2) is 4.79 Å². The highest BCUT2D eigenvalue weighted by molar-refractivity contribution is 9.10. The van der Waals surface area contributed by atoms with Crippen molar-refractivity contribution < 1.29 is 9.53 Å². The van der Waals surface area contributed by atoms with E-state index >= 15 is 0 Å². The van der Waals surface area contributed by atoms with Crippen LogP contribution in [-0.4, -0.2) is 24.3 Å². The first-order valence-corrected chi connectivity index (χ1v) is 7.46. The van der Waals surface area contributed by atoms with Crippen LogP contribution in [-0.2, 0) is 11.2 Å². The number of carbonyl (C=O) groups is 1. The van der Waals surface area contributed by atoms with E-state index in [0.717, 1.165) is 15.6 Å². The number of carbonyl (C=O) groups excluding carboxylic acids is 1. The molecule has 1 atom stereocenters. The molecule has 0 aromatic heterocycles. The second kappa shape index (κ2) is 7.09. The lowest BCUT2D eigenvalue weighted by Gasteiger charge is -2.23. The molecule has 20 heavy (non-hydrogen) atoms. The fraction of sp³-hybridized carbons (Fsp3) is 0.533. The Morgan fingerprint density at radius 1 is 1.45 bits per heavy atom. The molecule has 1 aromatic rings. The van der Waals surface area contributed by atoms with Gasteiger partial charge in [-0.1, -0.05) is 28.1 Å². The van der Waals surface area contributed by atoms with Gasteiger partial charge in [0.2, 0.25) is 0 Å². The number of hydrogen-bond acceptors (Lipinski definition) is 3. The zero-order chi connectivity index (χ0) is 15.3. The lowest BCUT2D eigenvalue weighted by Crippen LogP contribution is -2.44. The highest BCUT2D eigenvalue weighted by atomic mass is 79.9. The molecule has 1 amide bonds. The molecule has 0 radical (unpaired) electrons. The summed E-state index contributed by atoms with van der Waals surface area (Å²) in [6.07, 6.45) is 0.252. The van der Waals surface area contributed by atoms with Gasteiger partial charge in [0.05, 0.1) is 0 Å². The van der Waals surface area contributed by atoms with Crippen LogP contribution in [0.2, 0.25) is 0 Å². The maximum atomic E-state index is 11.8.